The highest BCUT2D eigenvalue weighted by Gasteiger charge is 2.33. The summed E-state index contributed by atoms with van der Waals surface area (Å²) >= 11 is 1.19. The third-order valence-electron chi connectivity index (χ3n) is 5.73. The number of thiazole rings is 1. The molecule has 0 saturated carbocycles. The van der Waals surface area contributed by atoms with E-state index in [4.69, 9.17) is 18.9 Å². The number of aromatic hydroxyl groups is 1. The minimum atomic E-state index is -0.749. The zero-order valence-corrected chi connectivity index (χ0v) is 21.3. The molecule has 2 heterocycles. The van der Waals surface area contributed by atoms with Gasteiger partial charge in [-0.2, -0.15) is 0 Å². The molecule has 188 valence electrons. The summed E-state index contributed by atoms with van der Waals surface area (Å²) in [6, 6.07) is 9.67. The second-order valence-electron chi connectivity index (χ2n) is 7.85. The molecule has 1 aliphatic rings. The molecule has 2 aromatic carbocycles. The molecule has 1 aliphatic heterocycles. The lowest BCUT2D eigenvalue weighted by molar-refractivity contribution is -0.139. The number of rotatable bonds is 7. The van der Waals surface area contributed by atoms with Gasteiger partial charge in [0.25, 0.3) is 5.56 Å². The van der Waals surface area contributed by atoms with Gasteiger partial charge in [-0.3, -0.25) is 9.36 Å². The molecular formula is C26H26N2O7S. The lowest BCUT2D eigenvalue weighted by atomic mass is 9.95. The van der Waals surface area contributed by atoms with Gasteiger partial charge in [0, 0.05) is 0 Å². The van der Waals surface area contributed by atoms with E-state index in [1.165, 1.54) is 30.1 Å². The summed E-state index contributed by atoms with van der Waals surface area (Å²) in [5, 5.41) is 10.2. The number of phenolic OH excluding ortho intramolecular Hbond substituents is 1. The number of aromatic nitrogens is 1. The fourth-order valence-electron chi connectivity index (χ4n) is 4.07. The van der Waals surface area contributed by atoms with Crippen LogP contribution in [0.25, 0.3) is 6.08 Å². The number of hydrogen-bond donors (Lipinski definition) is 1. The van der Waals surface area contributed by atoms with Crippen molar-refractivity contribution in [3.63, 3.8) is 0 Å². The Balaban J connectivity index is 1.96. The normalized spacial score (nSPS) is 15.2. The highest BCUT2D eigenvalue weighted by Crippen LogP contribution is 2.37. The maximum Gasteiger partial charge on any atom is 0.338 e. The second kappa shape index (κ2) is 10.3. The van der Waals surface area contributed by atoms with E-state index in [1.807, 2.05) is 6.07 Å². The molecule has 9 nitrogen and oxygen atoms in total. The standard InChI is InChI=1S/C26H26N2O7S/c1-6-35-25(31)21-14(2)27-26-28(22(21)16-8-7-9-17(13-16)32-3)24(30)20(36-26)12-15-10-18(33-4)23(29)19(11-15)34-5/h7-13,22,29H,6H2,1-5H3/b20-12+/t22-/m0/s1. The van der Waals surface area contributed by atoms with Crippen molar-refractivity contribution in [3.05, 3.63) is 78.5 Å². The number of ether oxygens (including phenoxy) is 4. The van der Waals surface area contributed by atoms with Crippen LogP contribution in [0.5, 0.6) is 23.0 Å². The first-order chi connectivity index (χ1) is 17.3. The van der Waals surface area contributed by atoms with Gasteiger partial charge in [0.15, 0.2) is 16.3 Å². The van der Waals surface area contributed by atoms with Crippen molar-refractivity contribution in [2.45, 2.75) is 19.9 Å². The summed E-state index contributed by atoms with van der Waals surface area (Å²) in [4.78, 5) is 31.7. The molecule has 36 heavy (non-hydrogen) atoms. The van der Waals surface area contributed by atoms with Crippen LogP contribution in [0.1, 0.15) is 31.0 Å². The molecule has 1 atom stereocenters. The van der Waals surface area contributed by atoms with Crippen LogP contribution in [-0.2, 0) is 9.53 Å². The number of methoxy groups -OCH3 is 3. The van der Waals surface area contributed by atoms with Crippen LogP contribution in [0, 0.1) is 0 Å². The van der Waals surface area contributed by atoms with E-state index in [9.17, 15) is 14.7 Å². The fraction of sp³-hybridized carbons (Fsp3) is 0.269. The highest BCUT2D eigenvalue weighted by atomic mass is 32.1. The zero-order chi connectivity index (χ0) is 26.0. The summed E-state index contributed by atoms with van der Waals surface area (Å²) in [6.45, 7) is 3.64. The second-order valence-corrected chi connectivity index (χ2v) is 8.86. The summed E-state index contributed by atoms with van der Waals surface area (Å²) in [5.41, 5.74) is 1.71. The largest absolute Gasteiger partial charge is 0.502 e. The third kappa shape index (κ3) is 4.47. The average molecular weight is 511 g/mol. The Labute approximate surface area is 211 Å². The minimum absolute atomic E-state index is 0.133. The van der Waals surface area contributed by atoms with E-state index >= 15 is 0 Å². The van der Waals surface area contributed by atoms with Crippen LogP contribution in [0.3, 0.4) is 0 Å². The van der Waals surface area contributed by atoms with Gasteiger partial charge in [0.2, 0.25) is 5.75 Å². The first-order valence-corrected chi connectivity index (χ1v) is 11.9. The monoisotopic (exact) mass is 510 g/mol. The van der Waals surface area contributed by atoms with Gasteiger partial charge >= 0.3 is 5.97 Å². The van der Waals surface area contributed by atoms with Crippen molar-refractivity contribution >= 4 is 23.4 Å². The number of fused-ring (bicyclic) bond motifs is 1. The molecule has 0 amide bonds. The van der Waals surface area contributed by atoms with Gasteiger partial charge in [-0.05, 0) is 55.3 Å². The molecule has 0 radical (unpaired) electrons. The van der Waals surface area contributed by atoms with Crippen molar-refractivity contribution in [2.24, 2.45) is 4.99 Å². The Bertz CT molecular complexity index is 1510. The Morgan fingerprint density at radius 1 is 1.14 bits per heavy atom. The number of allylic oxidation sites excluding steroid dienone is 1. The van der Waals surface area contributed by atoms with E-state index in [1.54, 1.807) is 57.4 Å². The first-order valence-electron chi connectivity index (χ1n) is 11.1. The smallest absolute Gasteiger partial charge is 0.338 e. The predicted molar refractivity (Wildman–Crippen MR) is 135 cm³/mol. The molecule has 0 saturated heterocycles. The van der Waals surface area contributed by atoms with Gasteiger partial charge in [-0.25, -0.2) is 9.79 Å². The number of carbonyl (C=O) groups is 1. The van der Waals surface area contributed by atoms with Gasteiger partial charge < -0.3 is 24.1 Å². The number of carbonyl (C=O) groups excluding carboxylic acids is 1. The molecule has 4 rings (SSSR count). The van der Waals surface area contributed by atoms with E-state index < -0.39 is 12.0 Å². The minimum Gasteiger partial charge on any atom is -0.502 e. The number of benzene rings is 2. The first kappa shape index (κ1) is 25.1. The molecule has 0 unspecified atom stereocenters. The van der Waals surface area contributed by atoms with Crippen molar-refractivity contribution in [1.29, 1.82) is 0 Å². The van der Waals surface area contributed by atoms with E-state index in [0.29, 0.717) is 31.9 Å². The molecule has 10 heteroatoms. The zero-order valence-electron chi connectivity index (χ0n) is 20.5. The van der Waals surface area contributed by atoms with Crippen molar-refractivity contribution < 1.29 is 28.8 Å². The van der Waals surface area contributed by atoms with Gasteiger partial charge in [0.05, 0.1) is 49.8 Å². The number of phenols is 1. The fourth-order valence-corrected chi connectivity index (χ4v) is 5.11. The van der Waals surface area contributed by atoms with Crippen LogP contribution in [-0.4, -0.2) is 43.6 Å². The lowest BCUT2D eigenvalue weighted by Gasteiger charge is -2.25. The summed E-state index contributed by atoms with van der Waals surface area (Å²) in [7, 11) is 4.41. The summed E-state index contributed by atoms with van der Waals surface area (Å²) in [6.07, 6.45) is 1.67. The number of esters is 1. The Morgan fingerprint density at radius 2 is 1.83 bits per heavy atom. The van der Waals surface area contributed by atoms with Gasteiger partial charge in [-0.1, -0.05) is 23.5 Å². The van der Waals surface area contributed by atoms with Crippen LogP contribution in [0.4, 0.5) is 0 Å². The van der Waals surface area contributed by atoms with Gasteiger partial charge in [-0.15, -0.1) is 0 Å². The molecule has 0 spiro atoms. The van der Waals surface area contributed by atoms with Gasteiger partial charge in [0.1, 0.15) is 5.75 Å². The molecule has 0 aliphatic carbocycles. The maximum absolute atomic E-state index is 13.7. The van der Waals surface area contributed by atoms with E-state index in [-0.39, 0.29) is 35.0 Å². The number of hydrogen-bond acceptors (Lipinski definition) is 9. The Kier molecular flexibility index (Phi) is 7.16. The average Bonchev–Trinajstić information content (AvgIpc) is 3.18. The lowest BCUT2D eigenvalue weighted by Crippen LogP contribution is -2.39. The topological polar surface area (TPSA) is 109 Å². The molecule has 0 fully saturated rings. The van der Waals surface area contributed by atoms with Crippen LogP contribution < -0.4 is 29.1 Å². The van der Waals surface area contributed by atoms with E-state index in [2.05, 4.69) is 4.99 Å². The summed E-state index contributed by atoms with van der Waals surface area (Å²) < 4.78 is 23.1. The van der Waals surface area contributed by atoms with Crippen molar-refractivity contribution in [1.82, 2.24) is 4.57 Å². The van der Waals surface area contributed by atoms with E-state index in [0.717, 1.165) is 0 Å². The quantitative estimate of drug-likeness (QED) is 0.487. The Hall–Kier alpha value is -4.05. The SMILES string of the molecule is CCOC(=O)C1=C(C)N=c2s/c(=C/c3cc(OC)c(O)c(OC)c3)c(=O)n2[C@H]1c1cccc(OC)c1. The molecule has 1 aromatic heterocycles. The molecule has 1 N–H and O–H groups in total. The van der Waals surface area contributed by atoms with Crippen LogP contribution >= 0.6 is 11.3 Å². The predicted octanol–water partition coefficient (Wildman–Crippen LogP) is 2.53. The summed E-state index contributed by atoms with van der Waals surface area (Å²) in [5.74, 6) is 0.349. The van der Waals surface area contributed by atoms with Crippen LogP contribution in [0.2, 0.25) is 0 Å². The molecular weight excluding hydrogens is 484 g/mol. The van der Waals surface area contributed by atoms with Crippen molar-refractivity contribution in [3.8, 4) is 23.0 Å². The highest BCUT2D eigenvalue weighted by molar-refractivity contribution is 7.07. The number of nitrogens with zero attached hydrogens (tertiary/aromatic N) is 2. The molecule has 3 aromatic rings. The Morgan fingerprint density at radius 3 is 2.44 bits per heavy atom. The maximum atomic E-state index is 13.7. The van der Waals surface area contributed by atoms with Crippen LogP contribution in [0.15, 0.2) is 57.5 Å². The third-order valence-corrected chi connectivity index (χ3v) is 6.71. The molecule has 0 bridgehead atoms. The van der Waals surface area contributed by atoms with Crippen molar-refractivity contribution in [2.75, 3.05) is 27.9 Å².